The lowest BCUT2D eigenvalue weighted by molar-refractivity contribution is 0.264. The molecule has 122 valence electrons. The van der Waals surface area contributed by atoms with Crippen molar-refractivity contribution in [3.8, 4) is 0 Å². The molecule has 1 atom stereocenters. The van der Waals surface area contributed by atoms with Gasteiger partial charge < -0.3 is 0 Å². The number of rotatable bonds is 5. The standard InChI is InChI=1S/C12H18S.C8H18/c1-10-5-7-12(2,8-6-10)11-4-3-9-13-11;1-4-6-7-8(3)5-2/h3-4,9-10H,5-8H2,1-2H3;8H,4-7H2,1-3H3. The molecular weight excluding hydrogens is 272 g/mol. The summed E-state index contributed by atoms with van der Waals surface area (Å²) in [5.74, 6) is 1.91. The van der Waals surface area contributed by atoms with Gasteiger partial charge in [0.25, 0.3) is 0 Å². The van der Waals surface area contributed by atoms with Crippen LogP contribution >= 0.6 is 11.3 Å². The van der Waals surface area contributed by atoms with Gasteiger partial charge >= 0.3 is 0 Å². The maximum absolute atomic E-state index is 2.44. The van der Waals surface area contributed by atoms with Gasteiger partial charge in [-0.2, -0.15) is 0 Å². The Labute approximate surface area is 137 Å². The third-order valence-electron chi connectivity index (χ3n) is 5.24. The summed E-state index contributed by atoms with van der Waals surface area (Å²) in [4.78, 5) is 1.60. The molecule has 0 radical (unpaired) electrons. The molecule has 0 spiro atoms. The molecule has 1 fully saturated rings. The van der Waals surface area contributed by atoms with Crippen LogP contribution in [-0.2, 0) is 5.41 Å². The molecular formula is C20H36S. The van der Waals surface area contributed by atoms with Crippen LogP contribution < -0.4 is 0 Å². The zero-order valence-corrected chi connectivity index (χ0v) is 15.8. The third-order valence-corrected chi connectivity index (χ3v) is 6.42. The average Bonchev–Trinajstić information content (AvgIpc) is 3.04. The van der Waals surface area contributed by atoms with E-state index in [1.54, 1.807) is 4.88 Å². The highest BCUT2D eigenvalue weighted by Gasteiger charge is 2.31. The molecule has 0 amide bonds. The highest BCUT2D eigenvalue weighted by molar-refractivity contribution is 7.10. The first-order valence-corrected chi connectivity index (χ1v) is 9.93. The van der Waals surface area contributed by atoms with Crippen molar-refractivity contribution >= 4 is 11.3 Å². The van der Waals surface area contributed by atoms with Crippen LogP contribution in [0.25, 0.3) is 0 Å². The van der Waals surface area contributed by atoms with Crippen molar-refractivity contribution < 1.29 is 0 Å². The van der Waals surface area contributed by atoms with E-state index in [1.807, 2.05) is 11.3 Å². The smallest absolute Gasteiger partial charge is 0.0104 e. The Balaban J connectivity index is 0.000000240. The van der Waals surface area contributed by atoms with E-state index < -0.39 is 0 Å². The second-order valence-corrected chi connectivity index (χ2v) is 8.32. The lowest BCUT2D eigenvalue weighted by Crippen LogP contribution is -2.26. The second-order valence-electron chi connectivity index (χ2n) is 7.38. The van der Waals surface area contributed by atoms with Crippen molar-refractivity contribution in [1.29, 1.82) is 0 Å². The predicted octanol–water partition coefficient (Wildman–Crippen LogP) is 7.44. The number of hydrogen-bond acceptors (Lipinski definition) is 1. The Morgan fingerprint density at radius 2 is 1.95 bits per heavy atom. The Morgan fingerprint density at radius 1 is 1.29 bits per heavy atom. The van der Waals surface area contributed by atoms with Crippen LogP contribution in [0.4, 0.5) is 0 Å². The highest BCUT2D eigenvalue weighted by atomic mass is 32.1. The van der Waals surface area contributed by atoms with Crippen LogP contribution in [0.5, 0.6) is 0 Å². The fourth-order valence-electron chi connectivity index (χ4n) is 3.02. The molecule has 1 saturated carbocycles. The van der Waals surface area contributed by atoms with E-state index in [2.05, 4.69) is 52.1 Å². The normalized spacial score (nSPS) is 26.8. The lowest BCUT2D eigenvalue weighted by atomic mass is 9.71. The van der Waals surface area contributed by atoms with Crippen LogP contribution in [0.15, 0.2) is 17.5 Å². The molecule has 1 unspecified atom stereocenters. The van der Waals surface area contributed by atoms with Gasteiger partial charge in [0.05, 0.1) is 0 Å². The molecule has 1 heterocycles. The lowest BCUT2D eigenvalue weighted by Gasteiger charge is -2.35. The summed E-state index contributed by atoms with van der Waals surface area (Å²) in [5, 5.41) is 2.21. The molecule has 0 bridgehead atoms. The van der Waals surface area contributed by atoms with Gasteiger partial charge in [-0.1, -0.05) is 66.4 Å². The fraction of sp³-hybridized carbons (Fsp3) is 0.800. The molecule has 2 rings (SSSR count). The van der Waals surface area contributed by atoms with Crippen molar-refractivity contribution in [2.45, 2.75) is 91.4 Å². The van der Waals surface area contributed by atoms with Gasteiger partial charge in [-0.05, 0) is 49.0 Å². The van der Waals surface area contributed by atoms with Gasteiger partial charge in [0.2, 0.25) is 0 Å². The molecule has 1 aromatic rings. The molecule has 21 heavy (non-hydrogen) atoms. The summed E-state index contributed by atoms with van der Waals surface area (Å²) in [6.45, 7) is 11.7. The summed E-state index contributed by atoms with van der Waals surface area (Å²) in [7, 11) is 0. The highest BCUT2D eigenvalue weighted by Crippen LogP contribution is 2.42. The van der Waals surface area contributed by atoms with Crippen LogP contribution in [-0.4, -0.2) is 0 Å². The van der Waals surface area contributed by atoms with Gasteiger partial charge in [-0.15, -0.1) is 11.3 Å². The fourth-order valence-corrected chi connectivity index (χ4v) is 3.97. The van der Waals surface area contributed by atoms with Crippen LogP contribution in [0, 0.1) is 11.8 Å². The largest absolute Gasteiger partial charge is 0.148 e. The maximum atomic E-state index is 2.44. The Kier molecular flexibility index (Phi) is 8.63. The number of hydrogen-bond donors (Lipinski definition) is 0. The van der Waals surface area contributed by atoms with E-state index in [-0.39, 0.29) is 0 Å². The summed E-state index contributed by atoms with van der Waals surface area (Å²) >= 11 is 1.93. The zero-order valence-electron chi connectivity index (χ0n) is 15.0. The molecule has 0 saturated heterocycles. The number of thiophene rings is 1. The molecule has 1 aliphatic carbocycles. The van der Waals surface area contributed by atoms with Crippen molar-refractivity contribution in [3.63, 3.8) is 0 Å². The molecule has 1 heteroatoms. The molecule has 0 nitrogen and oxygen atoms in total. The van der Waals surface area contributed by atoms with E-state index in [1.165, 1.54) is 51.4 Å². The van der Waals surface area contributed by atoms with Gasteiger partial charge in [0.1, 0.15) is 0 Å². The van der Waals surface area contributed by atoms with Gasteiger partial charge in [-0.3, -0.25) is 0 Å². The van der Waals surface area contributed by atoms with Gasteiger partial charge in [-0.25, -0.2) is 0 Å². The minimum absolute atomic E-state index is 0.501. The van der Waals surface area contributed by atoms with E-state index in [0.717, 1.165) is 11.8 Å². The average molecular weight is 309 g/mol. The first-order valence-electron chi connectivity index (χ1n) is 9.05. The van der Waals surface area contributed by atoms with Crippen molar-refractivity contribution in [1.82, 2.24) is 0 Å². The molecule has 0 N–H and O–H groups in total. The number of unbranched alkanes of at least 4 members (excludes halogenated alkanes) is 1. The van der Waals surface area contributed by atoms with E-state index >= 15 is 0 Å². The molecule has 0 aromatic carbocycles. The monoisotopic (exact) mass is 308 g/mol. The summed E-state index contributed by atoms with van der Waals surface area (Å²) in [6.07, 6.45) is 11.1. The SMILES string of the molecule is CC1CCC(C)(c2cccs2)CC1.CCCCC(C)CC. The minimum Gasteiger partial charge on any atom is -0.148 e. The molecule has 1 aromatic heterocycles. The maximum Gasteiger partial charge on any atom is 0.0104 e. The Hall–Kier alpha value is -0.300. The van der Waals surface area contributed by atoms with Crippen LogP contribution in [0.3, 0.4) is 0 Å². The first-order chi connectivity index (χ1) is 10.0. The van der Waals surface area contributed by atoms with Crippen molar-refractivity contribution in [3.05, 3.63) is 22.4 Å². The van der Waals surface area contributed by atoms with Gasteiger partial charge in [0.15, 0.2) is 0 Å². The van der Waals surface area contributed by atoms with E-state index in [4.69, 9.17) is 0 Å². The van der Waals surface area contributed by atoms with Gasteiger partial charge in [0, 0.05) is 10.3 Å². The zero-order chi connectivity index (χ0) is 15.7. The quantitative estimate of drug-likeness (QED) is 0.530. The Bertz CT molecular complexity index is 344. The Morgan fingerprint density at radius 3 is 2.43 bits per heavy atom. The topological polar surface area (TPSA) is 0 Å². The van der Waals surface area contributed by atoms with Crippen molar-refractivity contribution in [2.24, 2.45) is 11.8 Å². The predicted molar refractivity (Wildman–Crippen MR) is 98.3 cm³/mol. The summed E-state index contributed by atoms with van der Waals surface area (Å²) in [6, 6.07) is 4.49. The summed E-state index contributed by atoms with van der Waals surface area (Å²) in [5.41, 5.74) is 0.501. The van der Waals surface area contributed by atoms with Crippen molar-refractivity contribution in [2.75, 3.05) is 0 Å². The molecule has 1 aliphatic rings. The first kappa shape index (κ1) is 18.7. The van der Waals surface area contributed by atoms with E-state index in [0.29, 0.717) is 5.41 Å². The second kappa shape index (κ2) is 9.66. The molecule has 0 aliphatic heterocycles. The van der Waals surface area contributed by atoms with Crippen LogP contribution in [0.1, 0.15) is 90.9 Å². The van der Waals surface area contributed by atoms with Crippen LogP contribution in [0.2, 0.25) is 0 Å². The third kappa shape index (κ3) is 6.55. The summed E-state index contributed by atoms with van der Waals surface area (Å²) < 4.78 is 0. The minimum atomic E-state index is 0.501. The van der Waals surface area contributed by atoms with E-state index in [9.17, 15) is 0 Å².